The Hall–Kier alpha value is -1.91. The van der Waals surface area contributed by atoms with Gasteiger partial charge in [-0.2, -0.15) is 4.99 Å². The van der Waals surface area contributed by atoms with Gasteiger partial charge in [0.2, 0.25) is 0 Å². The molecular weight excluding hydrogens is 209 g/mol. The summed E-state index contributed by atoms with van der Waals surface area (Å²) < 4.78 is 13.2. The lowest BCUT2D eigenvalue weighted by molar-refractivity contribution is 0.249. The van der Waals surface area contributed by atoms with E-state index in [1.807, 2.05) is 0 Å². The van der Waals surface area contributed by atoms with E-state index >= 15 is 0 Å². The maximum atomic E-state index is 13.2. The molecule has 0 aliphatic carbocycles. The van der Waals surface area contributed by atoms with Gasteiger partial charge in [0, 0.05) is 6.54 Å². The van der Waals surface area contributed by atoms with Crippen molar-refractivity contribution in [2.75, 3.05) is 0 Å². The minimum absolute atomic E-state index is 0.188. The predicted molar refractivity (Wildman–Crippen MR) is 60.7 cm³/mol. The molecular formula is C11H14FN3O. The number of amides is 2. The molecule has 4 nitrogen and oxygen atoms in total. The van der Waals surface area contributed by atoms with Crippen molar-refractivity contribution < 1.29 is 9.18 Å². The van der Waals surface area contributed by atoms with Crippen LogP contribution in [0, 0.1) is 12.7 Å². The Bertz CT molecular complexity index is 425. The van der Waals surface area contributed by atoms with E-state index in [1.54, 1.807) is 19.1 Å². The van der Waals surface area contributed by atoms with Gasteiger partial charge < -0.3 is 11.1 Å². The summed E-state index contributed by atoms with van der Waals surface area (Å²) in [6.07, 6.45) is 0. The van der Waals surface area contributed by atoms with Crippen LogP contribution in [0.3, 0.4) is 0 Å². The molecule has 0 fully saturated rings. The lowest BCUT2D eigenvalue weighted by Gasteiger charge is -2.03. The molecule has 0 aliphatic rings. The van der Waals surface area contributed by atoms with Crippen LogP contribution >= 0.6 is 0 Å². The zero-order valence-corrected chi connectivity index (χ0v) is 9.25. The molecule has 5 heteroatoms. The number of nitrogens with two attached hydrogens (primary N) is 1. The molecule has 0 spiro atoms. The number of carbonyl (C=O) groups is 1. The van der Waals surface area contributed by atoms with Crippen LogP contribution in [0.4, 0.5) is 9.18 Å². The van der Waals surface area contributed by atoms with Crippen molar-refractivity contribution in [3.63, 3.8) is 0 Å². The number of benzene rings is 1. The van der Waals surface area contributed by atoms with Crippen LogP contribution < -0.4 is 11.1 Å². The fraction of sp³-hybridized carbons (Fsp3) is 0.273. The number of aryl methyl sites for hydroxylation is 1. The lowest BCUT2D eigenvalue weighted by Crippen LogP contribution is -2.22. The molecule has 1 aromatic rings. The molecule has 0 radical (unpaired) electrons. The van der Waals surface area contributed by atoms with Crippen molar-refractivity contribution in [3.05, 3.63) is 35.1 Å². The minimum atomic E-state index is -0.527. The molecule has 3 N–H and O–H groups in total. The Morgan fingerprint density at radius 2 is 2.25 bits per heavy atom. The topological polar surface area (TPSA) is 67.5 Å². The second-order valence-corrected chi connectivity index (χ2v) is 3.50. The third kappa shape index (κ3) is 3.68. The van der Waals surface area contributed by atoms with Gasteiger partial charge in [-0.1, -0.05) is 12.1 Å². The number of halogens is 1. The fourth-order valence-corrected chi connectivity index (χ4v) is 1.12. The average Bonchev–Trinajstić information content (AvgIpc) is 2.19. The molecule has 0 heterocycles. The Labute approximate surface area is 93.4 Å². The smallest absolute Gasteiger partial charge is 0.342 e. The van der Waals surface area contributed by atoms with Crippen LogP contribution in [0.1, 0.15) is 18.1 Å². The van der Waals surface area contributed by atoms with E-state index in [0.29, 0.717) is 11.1 Å². The van der Waals surface area contributed by atoms with Crippen molar-refractivity contribution in [1.29, 1.82) is 0 Å². The Morgan fingerprint density at radius 3 is 2.81 bits per heavy atom. The molecule has 0 atom stereocenters. The van der Waals surface area contributed by atoms with Gasteiger partial charge in [0.25, 0.3) is 0 Å². The van der Waals surface area contributed by atoms with Crippen molar-refractivity contribution in [2.24, 2.45) is 10.7 Å². The summed E-state index contributed by atoms with van der Waals surface area (Å²) in [4.78, 5) is 14.6. The van der Waals surface area contributed by atoms with Crippen LogP contribution in [0.25, 0.3) is 0 Å². The second kappa shape index (κ2) is 5.25. The van der Waals surface area contributed by atoms with Gasteiger partial charge in [0.15, 0.2) is 0 Å². The zero-order valence-electron chi connectivity index (χ0n) is 9.25. The molecule has 0 unspecified atom stereocenters. The highest BCUT2D eigenvalue weighted by atomic mass is 19.1. The van der Waals surface area contributed by atoms with Crippen LogP contribution in [0.5, 0.6) is 0 Å². The van der Waals surface area contributed by atoms with E-state index in [4.69, 9.17) is 5.73 Å². The average molecular weight is 223 g/mol. The summed E-state index contributed by atoms with van der Waals surface area (Å²) >= 11 is 0. The van der Waals surface area contributed by atoms with Gasteiger partial charge >= 0.3 is 6.03 Å². The normalized spacial score (nSPS) is 11.3. The second-order valence-electron chi connectivity index (χ2n) is 3.50. The Kier molecular flexibility index (Phi) is 3.99. The van der Waals surface area contributed by atoms with E-state index < -0.39 is 6.03 Å². The predicted octanol–water partition coefficient (Wildman–Crippen LogP) is 1.72. The molecule has 0 saturated carbocycles. The zero-order chi connectivity index (χ0) is 12.1. The van der Waals surface area contributed by atoms with Crippen LogP contribution in [0.2, 0.25) is 0 Å². The Morgan fingerprint density at radius 1 is 1.56 bits per heavy atom. The highest BCUT2D eigenvalue weighted by molar-refractivity contribution is 5.91. The van der Waals surface area contributed by atoms with Crippen molar-refractivity contribution in [3.8, 4) is 0 Å². The molecule has 0 aromatic heterocycles. The first-order valence-electron chi connectivity index (χ1n) is 4.82. The lowest BCUT2D eigenvalue weighted by atomic mass is 10.1. The van der Waals surface area contributed by atoms with Gasteiger partial charge in [-0.15, -0.1) is 0 Å². The maximum Gasteiger partial charge on any atom is 0.342 e. The molecule has 0 aliphatic heterocycles. The SMILES string of the molecule is C/C(N)=N\C(=O)NCc1ccc(C)c(F)c1. The highest BCUT2D eigenvalue weighted by Crippen LogP contribution is 2.08. The van der Waals surface area contributed by atoms with Crippen LogP contribution in [-0.4, -0.2) is 11.9 Å². The van der Waals surface area contributed by atoms with E-state index in [0.717, 1.165) is 0 Å². The van der Waals surface area contributed by atoms with E-state index in [2.05, 4.69) is 10.3 Å². The molecule has 0 saturated heterocycles. The fourth-order valence-electron chi connectivity index (χ4n) is 1.12. The number of hydrogen-bond donors (Lipinski definition) is 2. The van der Waals surface area contributed by atoms with Gasteiger partial charge in [-0.3, -0.25) is 0 Å². The number of aliphatic imine (C=N–C) groups is 1. The van der Waals surface area contributed by atoms with Gasteiger partial charge in [-0.25, -0.2) is 9.18 Å². The summed E-state index contributed by atoms with van der Waals surface area (Å²) in [5, 5.41) is 2.50. The summed E-state index contributed by atoms with van der Waals surface area (Å²) in [5.41, 5.74) is 6.49. The number of nitrogens with zero attached hydrogens (tertiary/aromatic N) is 1. The summed E-state index contributed by atoms with van der Waals surface area (Å²) in [6, 6.07) is 4.27. The molecule has 16 heavy (non-hydrogen) atoms. The number of amidine groups is 1. The first-order valence-corrected chi connectivity index (χ1v) is 4.82. The van der Waals surface area contributed by atoms with E-state index in [9.17, 15) is 9.18 Å². The number of rotatable bonds is 2. The van der Waals surface area contributed by atoms with Crippen molar-refractivity contribution in [2.45, 2.75) is 20.4 Å². The van der Waals surface area contributed by atoms with Crippen LogP contribution in [-0.2, 0) is 6.54 Å². The highest BCUT2D eigenvalue weighted by Gasteiger charge is 2.01. The summed E-state index contributed by atoms with van der Waals surface area (Å²) in [7, 11) is 0. The first-order chi connectivity index (χ1) is 7.49. The maximum absolute atomic E-state index is 13.2. The standard InChI is InChI=1S/C11H14FN3O/c1-7-3-4-9(5-10(7)12)6-14-11(16)15-8(2)13/h3-5H,6H2,1-2H3,(H3,13,14,15,16). The summed E-state index contributed by atoms with van der Waals surface area (Å²) in [6.45, 7) is 3.43. The molecule has 86 valence electrons. The summed E-state index contributed by atoms with van der Waals surface area (Å²) in [5.74, 6) is -0.0992. The monoisotopic (exact) mass is 223 g/mol. The third-order valence-electron chi connectivity index (χ3n) is 1.96. The largest absolute Gasteiger partial charge is 0.387 e. The third-order valence-corrected chi connectivity index (χ3v) is 1.96. The van der Waals surface area contributed by atoms with Gasteiger partial charge in [-0.05, 0) is 31.0 Å². The number of hydrogen-bond acceptors (Lipinski definition) is 1. The quantitative estimate of drug-likeness (QED) is 0.592. The van der Waals surface area contributed by atoms with Gasteiger partial charge in [0.05, 0.1) is 0 Å². The Balaban J connectivity index is 2.58. The van der Waals surface area contributed by atoms with Crippen LogP contribution in [0.15, 0.2) is 23.2 Å². The number of carbonyl (C=O) groups excluding carboxylic acids is 1. The first kappa shape index (κ1) is 12.2. The van der Waals surface area contributed by atoms with Gasteiger partial charge in [0.1, 0.15) is 11.7 Å². The number of urea groups is 1. The van der Waals surface area contributed by atoms with E-state index in [-0.39, 0.29) is 18.2 Å². The molecule has 1 rings (SSSR count). The van der Waals surface area contributed by atoms with E-state index in [1.165, 1.54) is 13.0 Å². The minimum Gasteiger partial charge on any atom is -0.387 e. The van der Waals surface area contributed by atoms with Crippen molar-refractivity contribution in [1.82, 2.24) is 5.32 Å². The molecule has 1 aromatic carbocycles. The van der Waals surface area contributed by atoms with Crippen molar-refractivity contribution >= 4 is 11.9 Å². The number of nitrogens with one attached hydrogen (secondary N) is 1. The molecule has 0 bridgehead atoms. The molecule has 2 amide bonds.